The van der Waals surface area contributed by atoms with Crippen molar-refractivity contribution in [1.29, 1.82) is 0 Å². The summed E-state index contributed by atoms with van der Waals surface area (Å²) in [7, 11) is 0. The SMILES string of the molecule is CC(CC(=O)NC(CC(=O)O)c1ccccc1)n1cccc1. The van der Waals surface area contributed by atoms with Crippen molar-refractivity contribution in [1.82, 2.24) is 9.88 Å². The van der Waals surface area contributed by atoms with Gasteiger partial charge in [0.1, 0.15) is 0 Å². The Morgan fingerprint density at radius 1 is 1.09 bits per heavy atom. The van der Waals surface area contributed by atoms with Gasteiger partial charge in [-0.1, -0.05) is 30.3 Å². The average molecular weight is 300 g/mol. The molecule has 0 aliphatic rings. The summed E-state index contributed by atoms with van der Waals surface area (Å²) in [6.07, 6.45) is 3.99. The lowest BCUT2D eigenvalue weighted by Crippen LogP contribution is -2.31. The number of rotatable bonds is 7. The lowest BCUT2D eigenvalue weighted by atomic mass is 10.0. The summed E-state index contributed by atoms with van der Waals surface area (Å²) in [6, 6.07) is 12.5. The number of hydrogen-bond donors (Lipinski definition) is 2. The molecule has 2 aromatic rings. The van der Waals surface area contributed by atoms with Crippen LogP contribution in [0.4, 0.5) is 0 Å². The minimum atomic E-state index is -0.937. The van der Waals surface area contributed by atoms with Gasteiger partial charge in [0.15, 0.2) is 0 Å². The molecule has 1 aromatic heterocycles. The third-order valence-electron chi connectivity index (χ3n) is 3.53. The molecule has 0 aliphatic heterocycles. The highest BCUT2D eigenvalue weighted by atomic mass is 16.4. The Bertz CT molecular complexity index is 608. The van der Waals surface area contributed by atoms with Gasteiger partial charge in [0.05, 0.1) is 12.5 Å². The number of carboxylic acids is 1. The smallest absolute Gasteiger partial charge is 0.305 e. The van der Waals surface area contributed by atoms with E-state index in [1.165, 1.54) is 0 Å². The number of amides is 1. The topological polar surface area (TPSA) is 71.3 Å². The second-order valence-electron chi connectivity index (χ2n) is 5.31. The van der Waals surface area contributed by atoms with Crippen molar-refractivity contribution in [3.63, 3.8) is 0 Å². The number of carbonyl (C=O) groups is 2. The minimum Gasteiger partial charge on any atom is -0.481 e. The van der Waals surface area contributed by atoms with Gasteiger partial charge in [-0.05, 0) is 24.6 Å². The van der Waals surface area contributed by atoms with Gasteiger partial charge < -0.3 is 15.0 Å². The Labute approximate surface area is 129 Å². The molecule has 22 heavy (non-hydrogen) atoms. The molecule has 1 amide bonds. The first kappa shape index (κ1) is 15.8. The van der Waals surface area contributed by atoms with Gasteiger partial charge >= 0.3 is 5.97 Å². The summed E-state index contributed by atoms with van der Waals surface area (Å²) in [5.74, 6) is -1.09. The van der Waals surface area contributed by atoms with Crippen LogP contribution in [0.3, 0.4) is 0 Å². The van der Waals surface area contributed by atoms with E-state index in [2.05, 4.69) is 5.32 Å². The van der Waals surface area contributed by atoms with Gasteiger partial charge in [-0.15, -0.1) is 0 Å². The van der Waals surface area contributed by atoms with E-state index in [1.54, 1.807) is 0 Å². The van der Waals surface area contributed by atoms with E-state index in [0.29, 0.717) is 6.42 Å². The van der Waals surface area contributed by atoms with Gasteiger partial charge in [-0.3, -0.25) is 9.59 Å². The van der Waals surface area contributed by atoms with Crippen LogP contribution < -0.4 is 5.32 Å². The van der Waals surface area contributed by atoms with Gasteiger partial charge in [0.2, 0.25) is 5.91 Å². The second-order valence-corrected chi connectivity index (χ2v) is 5.31. The van der Waals surface area contributed by atoms with E-state index in [1.807, 2.05) is 66.3 Å². The number of carbonyl (C=O) groups excluding carboxylic acids is 1. The van der Waals surface area contributed by atoms with Crippen molar-refractivity contribution in [3.8, 4) is 0 Å². The predicted octanol–water partition coefficient (Wildman–Crippen LogP) is 2.77. The fourth-order valence-corrected chi connectivity index (χ4v) is 2.38. The van der Waals surface area contributed by atoms with Crippen LogP contribution in [0.1, 0.15) is 37.4 Å². The number of aromatic nitrogens is 1. The van der Waals surface area contributed by atoms with Gasteiger partial charge in [-0.2, -0.15) is 0 Å². The molecule has 5 heteroatoms. The molecule has 0 radical (unpaired) electrons. The Kier molecular flexibility index (Phi) is 5.36. The maximum absolute atomic E-state index is 12.2. The fraction of sp³-hybridized carbons (Fsp3) is 0.294. The maximum Gasteiger partial charge on any atom is 0.305 e. The van der Waals surface area contributed by atoms with Crippen LogP contribution in [0.5, 0.6) is 0 Å². The van der Waals surface area contributed by atoms with E-state index < -0.39 is 12.0 Å². The number of nitrogens with zero attached hydrogens (tertiary/aromatic N) is 1. The normalized spacial score (nSPS) is 13.3. The summed E-state index contributed by atoms with van der Waals surface area (Å²) in [4.78, 5) is 23.2. The van der Waals surface area contributed by atoms with E-state index in [0.717, 1.165) is 5.56 Å². The summed E-state index contributed by atoms with van der Waals surface area (Å²) < 4.78 is 1.95. The molecule has 0 bridgehead atoms. The van der Waals surface area contributed by atoms with Crippen molar-refractivity contribution < 1.29 is 14.7 Å². The van der Waals surface area contributed by atoms with E-state index in [-0.39, 0.29) is 18.4 Å². The van der Waals surface area contributed by atoms with Crippen LogP contribution in [0.25, 0.3) is 0 Å². The number of benzene rings is 1. The molecule has 0 fully saturated rings. The number of aliphatic carboxylic acids is 1. The van der Waals surface area contributed by atoms with Crippen molar-refractivity contribution in [3.05, 3.63) is 60.4 Å². The van der Waals surface area contributed by atoms with Crippen LogP contribution in [0, 0.1) is 0 Å². The van der Waals surface area contributed by atoms with Crippen molar-refractivity contribution in [2.45, 2.75) is 31.8 Å². The zero-order valence-electron chi connectivity index (χ0n) is 12.5. The lowest BCUT2D eigenvalue weighted by molar-refractivity contribution is -0.137. The minimum absolute atomic E-state index is 0.0243. The van der Waals surface area contributed by atoms with Crippen LogP contribution in [0.2, 0.25) is 0 Å². The molecular formula is C17H20N2O3. The van der Waals surface area contributed by atoms with Crippen LogP contribution in [0.15, 0.2) is 54.9 Å². The second kappa shape index (κ2) is 7.45. The number of nitrogens with one attached hydrogen (secondary N) is 1. The van der Waals surface area contributed by atoms with Gasteiger partial charge in [-0.25, -0.2) is 0 Å². The lowest BCUT2D eigenvalue weighted by Gasteiger charge is -2.19. The first-order chi connectivity index (χ1) is 10.6. The average Bonchev–Trinajstić information content (AvgIpc) is 3.01. The fourth-order valence-electron chi connectivity index (χ4n) is 2.38. The van der Waals surface area contributed by atoms with Crippen molar-refractivity contribution in [2.24, 2.45) is 0 Å². The molecule has 0 saturated carbocycles. The molecule has 2 rings (SSSR count). The Morgan fingerprint density at radius 2 is 1.73 bits per heavy atom. The number of hydrogen-bond acceptors (Lipinski definition) is 2. The summed E-state index contributed by atoms with van der Waals surface area (Å²) in [5.41, 5.74) is 0.798. The molecule has 0 aliphatic carbocycles. The molecule has 0 spiro atoms. The highest BCUT2D eigenvalue weighted by molar-refractivity contribution is 5.78. The molecule has 2 unspecified atom stereocenters. The number of carboxylic acid groups (broad SMARTS) is 1. The summed E-state index contributed by atoms with van der Waals surface area (Å²) in [5, 5.41) is 11.9. The zero-order valence-corrected chi connectivity index (χ0v) is 12.5. The molecule has 116 valence electrons. The molecule has 2 atom stereocenters. The van der Waals surface area contributed by atoms with Gasteiger partial charge in [0.25, 0.3) is 0 Å². The molecule has 1 aromatic carbocycles. The Morgan fingerprint density at radius 3 is 2.32 bits per heavy atom. The first-order valence-corrected chi connectivity index (χ1v) is 7.25. The summed E-state index contributed by atoms with van der Waals surface area (Å²) >= 11 is 0. The highest BCUT2D eigenvalue weighted by Crippen LogP contribution is 2.18. The zero-order chi connectivity index (χ0) is 15.9. The molecular weight excluding hydrogens is 280 g/mol. The predicted molar refractivity (Wildman–Crippen MR) is 83.3 cm³/mol. The Balaban J connectivity index is 2.00. The monoisotopic (exact) mass is 300 g/mol. The third kappa shape index (κ3) is 4.48. The molecule has 2 N–H and O–H groups in total. The first-order valence-electron chi connectivity index (χ1n) is 7.25. The van der Waals surface area contributed by atoms with Crippen molar-refractivity contribution in [2.75, 3.05) is 0 Å². The van der Waals surface area contributed by atoms with E-state index >= 15 is 0 Å². The summed E-state index contributed by atoms with van der Waals surface area (Å²) in [6.45, 7) is 1.95. The van der Waals surface area contributed by atoms with E-state index in [4.69, 9.17) is 5.11 Å². The van der Waals surface area contributed by atoms with E-state index in [9.17, 15) is 9.59 Å². The standard InChI is InChI=1S/C17H20N2O3/c1-13(19-9-5-6-10-19)11-16(20)18-15(12-17(21)22)14-7-3-2-4-8-14/h2-10,13,15H,11-12H2,1H3,(H,18,20)(H,21,22). The quantitative estimate of drug-likeness (QED) is 0.826. The molecule has 5 nitrogen and oxygen atoms in total. The van der Waals surface area contributed by atoms with Crippen molar-refractivity contribution >= 4 is 11.9 Å². The molecule has 0 saturated heterocycles. The third-order valence-corrected chi connectivity index (χ3v) is 3.53. The van der Waals surface area contributed by atoms with Gasteiger partial charge in [0, 0.05) is 24.9 Å². The highest BCUT2D eigenvalue weighted by Gasteiger charge is 2.19. The maximum atomic E-state index is 12.2. The Hall–Kier alpha value is -2.56. The largest absolute Gasteiger partial charge is 0.481 e. The van der Waals surface area contributed by atoms with Crippen LogP contribution >= 0.6 is 0 Å². The van der Waals surface area contributed by atoms with Crippen LogP contribution in [-0.4, -0.2) is 21.6 Å². The molecule has 1 heterocycles. The van der Waals surface area contributed by atoms with Crippen LogP contribution in [-0.2, 0) is 9.59 Å².